The van der Waals surface area contributed by atoms with Crippen molar-refractivity contribution in [3.63, 3.8) is 0 Å². The van der Waals surface area contributed by atoms with Crippen molar-refractivity contribution < 1.29 is 14.2 Å². The molecule has 3 nitrogen and oxygen atoms in total. The molecule has 1 saturated heterocycles. The number of methoxy groups -OCH3 is 1. The van der Waals surface area contributed by atoms with Gasteiger partial charge in [0.2, 0.25) is 0 Å². The summed E-state index contributed by atoms with van der Waals surface area (Å²) in [5.74, 6) is 4.85. The Kier molecular flexibility index (Phi) is 6.21. The molecule has 1 fully saturated rings. The maximum Gasteiger partial charge on any atom is 0.161 e. The van der Waals surface area contributed by atoms with Crippen molar-refractivity contribution in [3.05, 3.63) is 53.6 Å². The van der Waals surface area contributed by atoms with Crippen LogP contribution in [0.1, 0.15) is 15.7 Å². The van der Waals surface area contributed by atoms with E-state index >= 15 is 0 Å². The number of aryl methyl sites for hydroxylation is 1. The maximum absolute atomic E-state index is 5.83. The molecular formula is C19H22O3S2. The lowest BCUT2D eigenvalue weighted by Crippen LogP contribution is -2.09. The van der Waals surface area contributed by atoms with E-state index in [4.69, 9.17) is 14.2 Å². The molecule has 1 heterocycles. The van der Waals surface area contributed by atoms with Crippen LogP contribution in [0.15, 0.2) is 42.5 Å². The fourth-order valence-electron chi connectivity index (χ4n) is 2.45. The Bertz CT molecular complexity index is 652. The van der Waals surface area contributed by atoms with Crippen molar-refractivity contribution in [2.45, 2.75) is 11.5 Å². The molecule has 0 aromatic heterocycles. The van der Waals surface area contributed by atoms with Gasteiger partial charge < -0.3 is 14.2 Å². The summed E-state index contributed by atoms with van der Waals surface area (Å²) in [6.07, 6.45) is 0. The summed E-state index contributed by atoms with van der Waals surface area (Å²) in [5, 5.41) is 0. The highest BCUT2D eigenvalue weighted by atomic mass is 32.2. The summed E-state index contributed by atoms with van der Waals surface area (Å²) < 4.78 is 17.5. The van der Waals surface area contributed by atoms with E-state index in [0.29, 0.717) is 17.8 Å². The largest absolute Gasteiger partial charge is 0.493 e. The Morgan fingerprint density at radius 3 is 2.33 bits per heavy atom. The van der Waals surface area contributed by atoms with Crippen molar-refractivity contribution in [2.24, 2.45) is 0 Å². The van der Waals surface area contributed by atoms with E-state index in [9.17, 15) is 0 Å². The summed E-state index contributed by atoms with van der Waals surface area (Å²) in [5.41, 5.74) is 2.52. The fraction of sp³-hybridized carbons (Fsp3) is 0.368. The van der Waals surface area contributed by atoms with Gasteiger partial charge in [-0.25, -0.2) is 0 Å². The third kappa shape index (κ3) is 4.54. The lowest BCUT2D eigenvalue weighted by atomic mass is 10.2. The highest BCUT2D eigenvalue weighted by Crippen LogP contribution is 2.46. The number of rotatable bonds is 7. The van der Waals surface area contributed by atoms with E-state index in [1.165, 1.54) is 22.6 Å². The third-order valence-electron chi connectivity index (χ3n) is 3.71. The van der Waals surface area contributed by atoms with Crippen molar-refractivity contribution in [2.75, 3.05) is 31.8 Å². The highest BCUT2D eigenvalue weighted by molar-refractivity contribution is 8.19. The molecule has 2 aromatic carbocycles. The number of ether oxygens (including phenoxy) is 3. The Morgan fingerprint density at radius 2 is 1.62 bits per heavy atom. The smallest absolute Gasteiger partial charge is 0.161 e. The lowest BCUT2D eigenvalue weighted by Gasteiger charge is -2.15. The molecule has 24 heavy (non-hydrogen) atoms. The second-order valence-corrected chi connectivity index (χ2v) is 8.22. The normalized spacial score (nSPS) is 14.6. The van der Waals surface area contributed by atoms with Gasteiger partial charge in [-0.3, -0.25) is 0 Å². The Morgan fingerprint density at radius 1 is 0.917 bits per heavy atom. The molecule has 0 radical (unpaired) electrons. The monoisotopic (exact) mass is 362 g/mol. The molecule has 2 aromatic rings. The number of thioether (sulfide) groups is 2. The van der Waals surface area contributed by atoms with E-state index in [0.717, 1.165) is 17.2 Å². The van der Waals surface area contributed by atoms with Crippen LogP contribution < -0.4 is 14.2 Å². The zero-order valence-corrected chi connectivity index (χ0v) is 15.6. The molecule has 0 bridgehead atoms. The zero-order chi connectivity index (χ0) is 16.8. The van der Waals surface area contributed by atoms with Gasteiger partial charge in [0.25, 0.3) is 0 Å². The van der Waals surface area contributed by atoms with Gasteiger partial charge in [-0.15, -0.1) is 23.5 Å². The SMILES string of the molecule is COc1cc(C2SCCS2)ccc1OCCOc1ccc(C)cc1. The van der Waals surface area contributed by atoms with Crippen LogP contribution in [-0.2, 0) is 0 Å². The average molecular weight is 363 g/mol. The zero-order valence-electron chi connectivity index (χ0n) is 14.0. The summed E-state index contributed by atoms with van der Waals surface area (Å²) in [7, 11) is 1.68. The Labute approximate surface area is 152 Å². The van der Waals surface area contributed by atoms with Crippen molar-refractivity contribution >= 4 is 23.5 Å². The minimum Gasteiger partial charge on any atom is -0.493 e. The molecule has 0 N–H and O–H groups in total. The topological polar surface area (TPSA) is 27.7 Å². The first kappa shape index (κ1) is 17.4. The first-order valence-corrected chi connectivity index (χ1v) is 10.1. The molecule has 0 saturated carbocycles. The molecule has 3 rings (SSSR count). The Hall–Kier alpha value is -1.46. The third-order valence-corrected chi connectivity index (χ3v) is 6.82. The molecule has 0 unspecified atom stereocenters. The molecule has 0 atom stereocenters. The maximum atomic E-state index is 5.83. The highest BCUT2D eigenvalue weighted by Gasteiger charge is 2.19. The van der Waals surface area contributed by atoms with Crippen LogP contribution in [0.5, 0.6) is 17.2 Å². The van der Waals surface area contributed by atoms with Crippen molar-refractivity contribution in [3.8, 4) is 17.2 Å². The van der Waals surface area contributed by atoms with Gasteiger partial charge in [0.05, 0.1) is 11.7 Å². The molecule has 1 aliphatic heterocycles. The van der Waals surface area contributed by atoms with E-state index in [1.54, 1.807) is 7.11 Å². The van der Waals surface area contributed by atoms with E-state index < -0.39 is 0 Å². The standard InChI is InChI=1S/C19H22O3S2/c1-14-3-6-16(7-4-14)21-9-10-22-17-8-5-15(13-18(17)20-2)19-23-11-12-24-19/h3-8,13,19H,9-12H2,1-2H3. The van der Waals surface area contributed by atoms with E-state index in [2.05, 4.69) is 19.1 Å². The number of hydrogen-bond donors (Lipinski definition) is 0. The minimum atomic E-state index is 0.483. The Balaban J connectivity index is 1.53. The first-order chi connectivity index (χ1) is 11.8. The van der Waals surface area contributed by atoms with Crippen LogP contribution in [0.4, 0.5) is 0 Å². The van der Waals surface area contributed by atoms with Gasteiger partial charge in [-0.2, -0.15) is 0 Å². The second kappa shape index (κ2) is 8.58. The van der Waals surface area contributed by atoms with Crippen molar-refractivity contribution in [1.82, 2.24) is 0 Å². The quantitative estimate of drug-likeness (QED) is 0.651. The molecule has 1 aliphatic rings. The summed E-state index contributed by atoms with van der Waals surface area (Å²) in [6.45, 7) is 3.05. The predicted octanol–water partition coefficient (Wildman–Crippen LogP) is 4.94. The summed E-state index contributed by atoms with van der Waals surface area (Å²) in [4.78, 5) is 0. The van der Waals surface area contributed by atoms with Gasteiger partial charge >= 0.3 is 0 Å². The van der Waals surface area contributed by atoms with Gasteiger partial charge in [0.1, 0.15) is 19.0 Å². The molecule has 128 valence electrons. The van der Waals surface area contributed by atoms with Crippen LogP contribution >= 0.6 is 23.5 Å². The molecular weight excluding hydrogens is 340 g/mol. The summed E-state index contributed by atoms with van der Waals surface area (Å²) in [6, 6.07) is 14.2. The molecule has 0 amide bonds. The van der Waals surface area contributed by atoms with E-state index in [-0.39, 0.29) is 0 Å². The fourth-order valence-corrected chi connectivity index (χ4v) is 5.28. The molecule has 5 heteroatoms. The lowest BCUT2D eigenvalue weighted by molar-refractivity contribution is 0.211. The van der Waals surface area contributed by atoms with Crippen LogP contribution in [0.3, 0.4) is 0 Å². The van der Waals surface area contributed by atoms with Crippen LogP contribution in [0.2, 0.25) is 0 Å². The van der Waals surface area contributed by atoms with Gasteiger partial charge in [0.15, 0.2) is 11.5 Å². The van der Waals surface area contributed by atoms with Crippen LogP contribution in [0, 0.1) is 6.92 Å². The number of hydrogen-bond acceptors (Lipinski definition) is 5. The van der Waals surface area contributed by atoms with Crippen molar-refractivity contribution in [1.29, 1.82) is 0 Å². The second-order valence-electron chi connectivity index (χ2n) is 5.49. The molecule has 0 aliphatic carbocycles. The van der Waals surface area contributed by atoms with E-state index in [1.807, 2.05) is 53.9 Å². The molecule has 0 spiro atoms. The summed E-state index contributed by atoms with van der Waals surface area (Å²) >= 11 is 3.97. The predicted molar refractivity (Wildman–Crippen MR) is 103 cm³/mol. The number of benzene rings is 2. The van der Waals surface area contributed by atoms with Crippen LogP contribution in [-0.4, -0.2) is 31.8 Å². The van der Waals surface area contributed by atoms with Gasteiger partial charge in [-0.05, 0) is 36.8 Å². The average Bonchev–Trinajstić information content (AvgIpc) is 3.15. The first-order valence-electron chi connectivity index (χ1n) is 7.99. The minimum absolute atomic E-state index is 0.483. The van der Waals surface area contributed by atoms with Gasteiger partial charge in [-0.1, -0.05) is 23.8 Å². The van der Waals surface area contributed by atoms with Gasteiger partial charge in [0, 0.05) is 11.5 Å². The van der Waals surface area contributed by atoms with Crippen LogP contribution in [0.25, 0.3) is 0 Å².